The van der Waals surface area contributed by atoms with Gasteiger partial charge in [-0.25, -0.2) is 0 Å². The van der Waals surface area contributed by atoms with Gasteiger partial charge in [0.05, 0.1) is 6.61 Å². The fourth-order valence-electron chi connectivity index (χ4n) is 1.54. The van der Waals surface area contributed by atoms with E-state index in [1.54, 1.807) is 0 Å². The summed E-state index contributed by atoms with van der Waals surface area (Å²) in [4.78, 5) is 12.3. The molecule has 1 heterocycles. The summed E-state index contributed by atoms with van der Waals surface area (Å²) < 4.78 is 5.26. The monoisotopic (exact) mass is 263 g/mol. The fraction of sp³-hybridized carbons (Fsp3) is 0.308. The van der Waals surface area contributed by atoms with E-state index in [1.807, 2.05) is 32.0 Å². The standard InChI is InChI=1S/C13H14ClN3O/c1-4-18-13-16-11(15-12(14)17-13)10-6-5-8(2)9(3)7-10/h5-7H,4H2,1-3H3. The molecule has 0 fully saturated rings. The predicted molar refractivity (Wildman–Crippen MR) is 70.9 cm³/mol. The van der Waals surface area contributed by atoms with Crippen molar-refractivity contribution in [3.63, 3.8) is 0 Å². The minimum atomic E-state index is 0.140. The van der Waals surface area contributed by atoms with Crippen molar-refractivity contribution >= 4 is 11.6 Å². The normalized spacial score (nSPS) is 10.4. The Morgan fingerprint density at radius 3 is 2.56 bits per heavy atom. The van der Waals surface area contributed by atoms with Crippen LogP contribution in [-0.4, -0.2) is 21.6 Å². The molecule has 4 nitrogen and oxygen atoms in total. The number of aryl methyl sites for hydroxylation is 2. The zero-order valence-corrected chi connectivity index (χ0v) is 11.3. The lowest BCUT2D eigenvalue weighted by atomic mass is 10.1. The molecule has 0 spiro atoms. The van der Waals surface area contributed by atoms with Gasteiger partial charge in [0.1, 0.15) is 0 Å². The van der Waals surface area contributed by atoms with E-state index in [4.69, 9.17) is 16.3 Å². The number of benzene rings is 1. The second kappa shape index (κ2) is 5.31. The van der Waals surface area contributed by atoms with Gasteiger partial charge in [-0.05, 0) is 49.6 Å². The van der Waals surface area contributed by atoms with Gasteiger partial charge >= 0.3 is 6.01 Å². The van der Waals surface area contributed by atoms with E-state index in [2.05, 4.69) is 21.9 Å². The zero-order chi connectivity index (χ0) is 13.1. The molecule has 0 N–H and O–H groups in total. The molecule has 0 amide bonds. The highest BCUT2D eigenvalue weighted by Crippen LogP contribution is 2.21. The quantitative estimate of drug-likeness (QED) is 0.853. The molecule has 1 aromatic heterocycles. The van der Waals surface area contributed by atoms with Crippen molar-refractivity contribution in [3.05, 3.63) is 34.6 Å². The summed E-state index contributed by atoms with van der Waals surface area (Å²) in [6, 6.07) is 6.27. The van der Waals surface area contributed by atoms with Crippen molar-refractivity contribution in [3.8, 4) is 17.4 Å². The SMILES string of the molecule is CCOc1nc(Cl)nc(-c2ccc(C)c(C)c2)n1. The van der Waals surface area contributed by atoms with E-state index in [0.29, 0.717) is 12.4 Å². The zero-order valence-electron chi connectivity index (χ0n) is 10.6. The van der Waals surface area contributed by atoms with Crippen molar-refractivity contribution in [1.82, 2.24) is 15.0 Å². The van der Waals surface area contributed by atoms with Gasteiger partial charge in [0.2, 0.25) is 5.28 Å². The Morgan fingerprint density at radius 2 is 1.89 bits per heavy atom. The molecular formula is C13H14ClN3O. The second-order valence-electron chi connectivity index (χ2n) is 3.94. The van der Waals surface area contributed by atoms with Crippen LogP contribution in [0.4, 0.5) is 0 Å². The maximum atomic E-state index is 5.86. The first-order chi connectivity index (χ1) is 8.60. The smallest absolute Gasteiger partial charge is 0.321 e. The first kappa shape index (κ1) is 12.8. The summed E-state index contributed by atoms with van der Waals surface area (Å²) in [6.07, 6.45) is 0. The first-order valence-corrected chi connectivity index (χ1v) is 6.10. The molecule has 0 aliphatic carbocycles. The Kier molecular flexibility index (Phi) is 3.77. The van der Waals surface area contributed by atoms with E-state index in [0.717, 1.165) is 5.56 Å². The number of hydrogen-bond donors (Lipinski definition) is 0. The van der Waals surface area contributed by atoms with Crippen LogP contribution in [0.5, 0.6) is 6.01 Å². The van der Waals surface area contributed by atoms with Gasteiger partial charge in [0.25, 0.3) is 0 Å². The van der Waals surface area contributed by atoms with E-state index in [9.17, 15) is 0 Å². The van der Waals surface area contributed by atoms with Crippen LogP contribution in [0.1, 0.15) is 18.1 Å². The van der Waals surface area contributed by atoms with Gasteiger partial charge in [-0.15, -0.1) is 0 Å². The number of hydrogen-bond acceptors (Lipinski definition) is 4. The average Bonchev–Trinajstić information content (AvgIpc) is 2.32. The summed E-state index contributed by atoms with van der Waals surface area (Å²) >= 11 is 5.86. The number of halogens is 1. The molecule has 18 heavy (non-hydrogen) atoms. The topological polar surface area (TPSA) is 47.9 Å². The van der Waals surface area contributed by atoms with E-state index in [1.165, 1.54) is 11.1 Å². The molecule has 0 aliphatic rings. The summed E-state index contributed by atoms with van der Waals surface area (Å²) in [6.45, 7) is 6.47. The van der Waals surface area contributed by atoms with Crippen molar-refractivity contribution in [2.75, 3.05) is 6.61 Å². The van der Waals surface area contributed by atoms with Crippen LogP contribution in [0.25, 0.3) is 11.4 Å². The Balaban J connectivity index is 2.46. The van der Waals surface area contributed by atoms with Gasteiger partial charge in [0, 0.05) is 5.56 Å². The Morgan fingerprint density at radius 1 is 1.11 bits per heavy atom. The maximum Gasteiger partial charge on any atom is 0.321 e. The molecule has 0 unspecified atom stereocenters. The lowest BCUT2D eigenvalue weighted by molar-refractivity contribution is 0.312. The third kappa shape index (κ3) is 2.76. The highest BCUT2D eigenvalue weighted by atomic mass is 35.5. The molecule has 2 aromatic rings. The van der Waals surface area contributed by atoms with E-state index >= 15 is 0 Å². The molecule has 1 aromatic carbocycles. The number of aromatic nitrogens is 3. The summed E-state index contributed by atoms with van der Waals surface area (Å²) in [7, 11) is 0. The molecule has 0 aliphatic heterocycles. The first-order valence-electron chi connectivity index (χ1n) is 5.72. The van der Waals surface area contributed by atoms with Crippen LogP contribution < -0.4 is 4.74 Å². The molecule has 0 saturated carbocycles. The van der Waals surface area contributed by atoms with Gasteiger partial charge in [0.15, 0.2) is 5.82 Å². The van der Waals surface area contributed by atoms with Gasteiger partial charge in [-0.1, -0.05) is 12.1 Å². The molecule has 0 radical (unpaired) electrons. The lowest BCUT2D eigenvalue weighted by Crippen LogP contribution is -2.01. The van der Waals surface area contributed by atoms with Crippen LogP contribution in [0.15, 0.2) is 18.2 Å². The largest absolute Gasteiger partial charge is 0.464 e. The molecular weight excluding hydrogens is 250 g/mol. The van der Waals surface area contributed by atoms with Crippen molar-refractivity contribution < 1.29 is 4.74 Å². The summed E-state index contributed by atoms with van der Waals surface area (Å²) in [5.74, 6) is 0.529. The molecule has 0 saturated heterocycles. The molecule has 2 rings (SSSR count). The van der Waals surface area contributed by atoms with Crippen LogP contribution >= 0.6 is 11.6 Å². The van der Waals surface area contributed by atoms with Crippen molar-refractivity contribution in [2.45, 2.75) is 20.8 Å². The van der Waals surface area contributed by atoms with Crippen LogP contribution in [0.2, 0.25) is 5.28 Å². The van der Waals surface area contributed by atoms with E-state index in [-0.39, 0.29) is 11.3 Å². The number of nitrogens with zero attached hydrogens (tertiary/aromatic N) is 3. The lowest BCUT2D eigenvalue weighted by Gasteiger charge is -2.06. The summed E-state index contributed by atoms with van der Waals surface area (Å²) in [5, 5.41) is 0.140. The Bertz CT molecular complexity index is 572. The van der Waals surface area contributed by atoms with Crippen LogP contribution in [-0.2, 0) is 0 Å². The molecule has 94 valence electrons. The van der Waals surface area contributed by atoms with Gasteiger partial charge in [-0.3, -0.25) is 0 Å². The van der Waals surface area contributed by atoms with E-state index < -0.39 is 0 Å². The third-order valence-corrected chi connectivity index (χ3v) is 2.80. The Labute approximate surface area is 111 Å². The number of rotatable bonds is 3. The maximum absolute atomic E-state index is 5.86. The number of ether oxygens (including phenoxy) is 1. The highest BCUT2D eigenvalue weighted by molar-refractivity contribution is 6.28. The molecule has 0 bridgehead atoms. The average molecular weight is 264 g/mol. The van der Waals surface area contributed by atoms with Crippen LogP contribution in [0, 0.1) is 13.8 Å². The highest BCUT2D eigenvalue weighted by Gasteiger charge is 2.08. The van der Waals surface area contributed by atoms with Gasteiger partial charge < -0.3 is 4.74 Å². The van der Waals surface area contributed by atoms with Crippen molar-refractivity contribution in [1.29, 1.82) is 0 Å². The predicted octanol–water partition coefficient (Wildman–Crippen LogP) is 3.21. The Hall–Kier alpha value is -1.68. The van der Waals surface area contributed by atoms with Crippen molar-refractivity contribution in [2.24, 2.45) is 0 Å². The minimum Gasteiger partial charge on any atom is -0.464 e. The fourth-order valence-corrected chi connectivity index (χ4v) is 1.69. The van der Waals surface area contributed by atoms with Crippen LogP contribution in [0.3, 0.4) is 0 Å². The minimum absolute atomic E-state index is 0.140. The summed E-state index contributed by atoms with van der Waals surface area (Å²) in [5.41, 5.74) is 3.31. The van der Waals surface area contributed by atoms with Gasteiger partial charge in [-0.2, -0.15) is 15.0 Å². The molecule has 5 heteroatoms. The third-order valence-electron chi connectivity index (χ3n) is 2.63. The molecule has 0 atom stereocenters. The second-order valence-corrected chi connectivity index (χ2v) is 4.28.